The Hall–Kier alpha value is -2.12. The lowest BCUT2D eigenvalue weighted by Crippen LogP contribution is -2.38. The van der Waals surface area contributed by atoms with E-state index in [9.17, 15) is 19.2 Å². The number of carboxylic acid groups (broad SMARTS) is 4. The van der Waals surface area contributed by atoms with Crippen molar-refractivity contribution in [1.29, 1.82) is 0 Å². The molecule has 1 aliphatic rings. The summed E-state index contributed by atoms with van der Waals surface area (Å²) in [4.78, 5) is 44.2. The molecule has 148 valence electrons. The van der Waals surface area contributed by atoms with E-state index < -0.39 is 34.7 Å². The first-order valence-electron chi connectivity index (χ1n) is 8.95. The first-order chi connectivity index (χ1) is 12.1. The van der Waals surface area contributed by atoms with E-state index in [0.29, 0.717) is 44.9 Å². The van der Waals surface area contributed by atoms with Gasteiger partial charge in [-0.25, -0.2) is 0 Å². The van der Waals surface area contributed by atoms with Crippen LogP contribution in [0.15, 0.2) is 0 Å². The SMILES string of the molecule is O=C(O)CCC1(CCC(=O)O)CCCC(CCC(=O)O)(CCC(=O)O)C1. The van der Waals surface area contributed by atoms with Gasteiger partial charge in [0.2, 0.25) is 0 Å². The summed E-state index contributed by atoms with van der Waals surface area (Å²) >= 11 is 0. The summed E-state index contributed by atoms with van der Waals surface area (Å²) in [7, 11) is 0. The average molecular weight is 372 g/mol. The van der Waals surface area contributed by atoms with E-state index in [-0.39, 0.29) is 25.7 Å². The quantitative estimate of drug-likeness (QED) is 0.408. The minimum atomic E-state index is -0.952. The lowest BCUT2D eigenvalue weighted by Gasteiger charge is -2.48. The molecule has 8 nitrogen and oxygen atoms in total. The van der Waals surface area contributed by atoms with Crippen LogP contribution in [0.5, 0.6) is 0 Å². The van der Waals surface area contributed by atoms with E-state index in [1.165, 1.54) is 0 Å². The molecule has 1 fully saturated rings. The van der Waals surface area contributed by atoms with Crippen LogP contribution in [0.25, 0.3) is 0 Å². The van der Waals surface area contributed by atoms with Gasteiger partial charge in [-0.15, -0.1) is 0 Å². The molecule has 4 N–H and O–H groups in total. The molecule has 0 amide bonds. The highest BCUT2D eigenvalue weighted by molar-refractivity contribution is 5.68. The van der Waals surface area contributed by atoms with Gasteiger partial charge in [-0.2, -0.15) is 0 Å². The Kier molecular flexibility index (Phi) is 8.05. The van der Waals surface area contributed by atoms with Gasteiger partial charge < -0.3 is 20.4 Å². The summed E-state index contributed by atoms with van der Waals surface area (Å²) in [6.45, 7) is 0. The molecule has 0 saturated heterocycles. The number of hydrogen-bond acceptors (Lipinski definition) is 4. The maximum Gasteiger partial charge on any atom is 0.303 e. The molecule has 1 aliphatic carbocycles. The summed E-state index contributed by atoms with van der Waals surface area (Å²) in [5.74, 6) is -3.81. The van der Waals surface area contributed by atoms with Crippen molar-refractivity contribution in [2.75, 3.05) is 0 Å². The molecular weight excluding hydrogens is 344 g/mol. The molecule has 1 rings (SSSR count). The Bertz CT molecular complexity index is 457. The van der Waals surface area contributed by atoms with Crippen LogP contribution in [0.3, 0.4) is 0 Å². The van der Waals surface area contributed by atoms with Crippen molar-refractivity contribution in [2.45, 2.75) is 77.0 Å². The van der Waals surface area contributed by atoms with Crippen molar-refractivity contribution < 1.29 is 39.6 Å². The van der Waals surface area contributed by atoms with Crippen molar-refractivity contribution in [3.8, 4) is 0 Å². The van der Waals surface area contributed by atoms with Gasteiger partial charge in [0.1, 0.15) is 0 Å². The molecule has 0 aromatic rings. The molecule has 0 heterocycles. The van der Waals surface area contributed by atoms with Crippen LogP contribution in [0.2, 0.25) is 0 Å². The van der Waals surface area contributed by atoms with Crippen LogP contribution in [-0.4, -0.2) is 44.3 Å². The molecular formula is C18H28O8. The van der Waals surface area contributed by atoms with Gasteiger partial charge in [0.15, 0.2) is 0 Å². The van der Waals surface area contributed by atoms with Crippen molar-refractivity contribution in [3.63, 3.8) is 0 Å². The van der Waals surface area contributed by atoms with Crippen molar-refractivity contribution in [2.24, 2.45) is 10.8 Å². The predicted octanol–water partition coefficient (Wildman–Crippen LogP) is 2.99. The third-order valence-corrected chi connectivity index (χ3v) is 5.64. The minimum absolute atomic E-state index is 0.0758. The monoisotopic (exact) mass is 372 g/mol. The second-order valence-corrected chi connectivity index (χ2v) is 7.61. The smallest absolute Gasteiger partial charge is 0.303 e. The summed E-state index contributed by atoms with van der Waals surface area (Å²) < 4.78 is 0. The Morgan fingerprint density at radius 3 is 1.08 bits per heavy atom. The van der Waals surface area contributed by atoms with Crippen molar-refractivity contribution in [1.82, 2.24) is 0 Å². The van der Waals surface area contributed by atoms with E-state index in [1.54, 1.807) is 0 Å². The summed E-state index contributed by atoms with van der Waals surface area (Å²) in [6, 6.07) is 0. The van der Waals surface area contributed by atoms with Gasteiger partial charge in [-0.3, -0.25) is 19.2 Å². The number of hydrogen-bond donors (Lipinski definition) is 4. The summed E-state index contributed by atoms with van der Waals surface area (Å²) in [5, 5.41) is 36.2. The van der Waals surface area contributed by atoms with E-state index in [1.807, 2.05) is 0 Å². The van der Waals surface area contributed by atoms with E-state index in [4.69, 9.17) is 20.4 Å². The molecule has 0 radical (unpaired) electrons. The van der Waals surface area contributed by atoms with Crippen LogP contribution < -0.4 is 0 Å². The maximum absolute atomic E-state index is 11.0. The fourth-order valence-corrected chi connectivity index (χ4v) is 4.40. The molecule has 0 bridgehead atoms. The summed E-state index contributed by atoms with van der Waals surface area (Å²) in [5.41, 5.74) is -0.988. The second kappa shape index (κ2) is 9.54. The van der Waals surface area contributed by atoms with Gasteiger partial charge in [0.05, 0.1) is 0 Å². The zero-order valence-corrected chi connectivity index (χ0v) is 14.9. The van der Waals surface area contributed by atoms with Crippen LogP contribution in [0.4, 0.5) is 0 Å². The van der Waals surface area contributed by atoms with E-state index in [0.717, 1.165) is 6.42 Å². The van der Waals surface area contributed by atoms with E-state index in [2.05, 4.69) is 0 Å². The first-order valence-corrected chi connectivity index (χ1v) is 8.95. The molecule has 8 heteroatoms. The highest BCUT2D eigenvalue weighted by Crippen LogP contribution is 2.55. The standard InChI is InChI=1S/C18H28O8/c19-13(20)2-8-17(9-3-14(21)22)6-1-7-18(12-17,10-4-15(23)24)11-5-16(25)26/h1-12H2,(H,19,20)(H,21,22)(H,23,24)(H,25,26). The molecule has 0 spiro atoms. The number of carbonyl (C=O) groups is 4. The van der Waals surface area contributed by atoms with Gasteiger partial charge in [0, 0.05) is 25.7 Å². The third-order valence-electron chi connectivity index (χ3n) is 5.64. The molecule has 0 aliphatic heterocycles. The number of aliphatic carboxylic acids is 4. The summed E-state index contributed by atoms with van der Waals surface area (Å²) in [6.07, 6.45) is 3.61. The molecule has 0 aromatic heterocycles. The first kappa shape index (κ1) is 21.9. The Morgan fingerprint density at radius 1 is 0.577 bits per heavy atom. The maximum atomic E-state index is 11.0. The minimum Gasteiger partial charge on any atom is -0.481 e. The lowest BCUT2D eigenvalue weighted by molar-refractivity contribution is -0.139. The lowest BCUT2D eigenvalue weighted by atomic mass is 9.56. The zero-order chi connectivity index (χ0) is 19.8. The fraction of sp³-hybridized carbons (Fsp3) is 0.778. The Labute approximate surface area is 152 Å². The highest BCUT2D eigenvalue weighted by atomic mass is 16.4. The fourth-order valence-electron chi connectivity index (χ4n) is 4.40. The van der Waals surface area contributed by atoms with Crippen molar-refractivity contribution >= 4 is 23.9 Å². The van der Waals surface area contributed by atoms with E-state index >= 15 is 0 Å². The predicted molar refractivity (Wildman–Crippen MR) is 90.8 cm³/mol. The molecule has 26 heavy (non-hydrogen) atoms. The number of rotatable bonds is 12. The molecule has 0 unspecified atom stereocenters. The third kappa shape index (κ3) is 7.41. The molecule has 1 saturated carbocycles. The largest absolute Gasteiger partial charge is 0.481 e. The van der Waals surface area contributed by atoms with Gasteiger partial charge in [-0.1, -0.05) is 6.42 Å². The van der Waals surface area contributed by atoms with Crippen LogP contribution in [0, 0.1) is 10.8 Å². The molecule has 0 aromatic carbocycles. The second-order valence-electron chi connectivity index (χ2n) is 7.61. The van der Waals surface area contributed by atoms with Crippen molar-refractivity contribution in [3.05, 3.63) is 0 Å². The Morgan fingerprint density at radius 2 is 0.846 bits per heavy atom. The van der Waals surface area contributed by atoms with Gasteiger partial charge >= 0.3 is 23.9 Å². The normalized spacial score (nSPS) is 18.2. The van der Waals surface area contributed by atoms with Gasteiger partial charge in [-0.05, 0) is 55.8 Å². The van der Waals surface area contributed by atoms with Gasteiger partial charge in [0.25, 0.3) is 0 Å². The van der Waals surface area contributed by atoms with Crippen LogP contribution >= 0.6 is 0 Å². The molecule has 0 atom stereocenters. The zero-order valence-electron chi connectivity index (χ0n) is 14.9. The topological polar surface area (TPSA) is 149 Å². The average Bonchev–Trinajstić information content (AvgIpc) is 2.55. The van der Waals surface area contributed by atoms with Crippen LogP contribution in [0.1, 0.15) is 77.0 Å². The Balaban J connectivity index is 3.03. The van der Waals surface area contributed by atoms with Crippen LogP contribution in [-0.2, 0) is 19.2 Å². The highest BCUT2D eigenvalue weighted by Gasteiger charge is 2.44. The number of carboxylic acids is 4.